The summed E-state index contributed by atoms with van der Waals surface area (Å²) in [7, 11) is 0. The summed E-state index contributed by atoms with van der Waals surface area (Å²) in [5.74, 6) is 0. The van der Waals surface area contributed by atoms with E-state index in [-0.39, 0.29) is 0 Å². The number of rotatable bonds is 2. The summed E-state index contributed by atoms with van der Waals surface area (Å²) < 4.78 is 2.20. The molecule has 0 saturated carbocycles. The predicted molar refractivity (Wildman–Crippen MR) is 70.5 cm³/mol. The maximum atomic E-state index is 11.2. The molecule has 2 heteroatoms. The van der Waals surface area contributed by atoms with Crippen molar-refractivity contribution in [2.24, 2.45) is 0 Å². The lowest BCUT2D eigenvalue weighted by molar-refractivity contribution is 0.112. The largest absolute Gasteiger partial charge is 0.340 e. The molecular weight excluding hydrogens is 210 g/mol. The van der Waals surface area contributed by atoms with E-state index < -0.39 is 0 Å². The molecule has 0 radical (unpaired) electrons. The first-order chi connectivity index (χ1) is 8.36. The quantitative estimate of drug-likeness (QED) is 0.608. The summed E-state index contributed by atoms with van der Waals surface area (Å²) in [5, 5.41) is 2.38. The topological polar surface area (TPSA) is 22.0 Å². The molecule has 1 aromatic heterocycles. The van der Waals surface area contributed by atoms with Gasteiger partial charge in [0.25, 0.3) is 0 Å². The van der Waals surface area contributed by atoms with Crippen LogP contribution in [0.15, 0.2) is 42.5 Å². The number of hydrogen-bond donors (Lipinski definition) is 0. The number of aromatic nitrogens is 1. The molecule has 0 unspecified atom stereocenters. The summed E-state index contributed by atoms with van der Waals surface area (Å²) in [6.45, 7) is 2.97. The fourth-order valence-electron chi connectivity index (χ4n) is 2.56. The molecule has 84 valence electrons. The van der Waals surface area contributed by atoms with Gasteiger partial charge < -0.3 is 4.57 Å². The van der Waals surface area contributed by atoms with Gasteiger partial charge in [-0.25, -0.2) is 0 Å². The van der Waals surface area contributed by atoms with E-state index in [1.807, 2.05) is 24.3 Å². The van der Waals surface area contributed by atoms with Crippen molar-refractivity contribution in [1.82, 2.24) is 4.57 Å². The molecule has 0 aliphatic carbocycles. The fourth-order valence-corrected chi connectivity index (χ4v) is 2.56. The molecule has 0 N–H and O–H groups in total. The van der Waals surface area contributed by atoms with E-state index in [1.165, 1.54) is 10.9 Å². The Hall–Kier alpha value is -2.09. The van der Waals surface area contributed by atoms with E-state index in [9.17, 15) is 4.79 Å². The van der Waals surface area contributed by atoms with Crippen LogP contribution in [0.25, 0.3) is 21.8 Å². The highest BCUT2D eigenvalue weighted by molar-refractivity contribution is 6.12. The van der Waals surface area contributed by atoms with Crippen molar-refractivity contribution in [1.29, 1.82) is 0 Å². The maximum absolute atomic E-state index is 11.2. The van der Waals surface area contributed by atoms with E-state index in [0.717, 1.165) is 29.3 Å². The van der Waals surface area contributed by atoms with Crippen molar-refractivity contribution in [2.45, 2.75) is 13.5 Å². The highest BCUT2D eigenvalue weighted by atomic mass is 16.1. The Labute approximate surface area is 99.5 Å². The second-order valence-electron chi connectivity index (χ2n) is 4.12. The molecule has 0 amide bonds. The number of benzene rings is 2. The number of hydrogen-bond acceptors (Lipinski definition) is 1. The van der Waals surface area contributed by atoms with Crippen LogP contribution in [-0.2, 0) is 6.54 Å². The second-order valence-corrected chi connectivity index (χ2v) is 4.12. The zero-order valence-electron chi connectivity index (χ0n) is 9.68. The molecule has 2 nitrogen and oxygen atoms in total. The number of carbonyl (C=O) groups is 1. The number of nitrogens with zero attached hydrogens (tertiary/aromatic N) is 1. The van der Waals surface area contributed by atoms with Gasteiger partial charge in [-0.15, -0.1) is 0 Å². The van der Waals surface area contributed by atoms with Crippen LogP contribution in [0, 0.1) is 0 Å². The summed E-state index contributed by atoms with van der Waals surface area (Å²) in [6, 6.07) is 14.2. The minimum absolute atomic E-state index is 0.764. The lowest BCUT2D eigenvalue weighted by Gasteiger charge is -2.04. The number of fused-ring (bicyclic) bond motifs is 3. The maximum Gasteiger partial charge on any atom is 0.152 e. The summed E-state index contributed by atoms with van der Waals surface area (Å²) in [4.78, 5) is 11.2. The highest BCUT2D eigenvalue weighted by Gasteiger charge is 2.11. The molecule has 0 bridgehead atoms. The lowest BCUT2D eigenvalue weighted by Crippen LogP contribution is -1.95. The average molecular weight is 223 g/mol. The van der Waals surface area contributed by atoms with Gasteiger partial charge >= 0.3 is 0 Å². The SMILES string of the molecule is CCn1c2ccccc2c2cccc(C=O)c21. The number of para-hydroxylation sites is 2. The molecule has 0 saturated heterocycles. The van der Waals surface area contributed by atoms with E-state index in [1.54, 1.807) is 0 Å². The van der Waals surface area contributed by atoms with Crippen LogP contribution < -0.4 is 0 Å². The number of aldehydes is 1. The summed E-state index contributed by atoms with van der Waals surface area (Å²) in [5.41, 5.74) is 3.01. The van der Waals surface area contributed by atoms with Gasteiger partial charge in [0, 0.05) is 28.4 Å². The Morgan fingerprint density at radius 1 is 1.06 bits per heavy atom. The van der Waals surface area contributed by atoms with Crippen LogP contribution in [0.5, 0.6) is 0 Å². The van der Waals surface area contributed by atoms with Crippen molar-refractivity contribution >= 4 is 28.1 Å². The first kappa shape index (κ1) is 10.1. The zero-order chi connectivity index (χ0) is 11.8. The standard InChI is InChI=1S/C15H13NO/c1-2-16-14-9-4-3-7-12(14)13-8-5-6-11(10-17)15(13)16/h3-10H,2H2,1H3. The summed E-state index contributed by atoms with van der Waals surface area (Å²) >= 11 is 0. The first-order valence-electron chi connectivity index (χ1n) is 5.82. The van der Waals surface area contributed by atoms with Gasteiger partial charge in [0.2, 0.25) is 0 Å². The second kappa shape index (κ2) is 3.74. The van der Waals surface area contributed by atoms with Crippen LogP contribution >= 0.6 is 0 Å². The molecule has 0 aliphatic heterocycles. The monoisotopic (exact) mass is 223 g/mol. The molecule has 0 aliphatic rings. The molecule has 0 spiro atoms. The molecule has 1 heterocycles. The van der Waals surface area contributed by atoms with Crippen molar-refractivity contribution in [3.63, 3.8) is 0 Å². The Balaban J connectivity index is 2.63. The van der Waals surface area contributed by atoms with Crippen molar-refractivity contribution in [3.05, 3.63) is 48.0 Å². The van der Waals surface area contributed by atoms with Crippen molar-refractivity contribution < 1.29 is 4.79 Å². The number of aryl methyl sites for hydroxylation is 1. The Morgan fingerprint density at radius 3 is 2.59 bits per heavy atom. The third-order valence-corrected chi connectivity index (χ3v) is 3.27. The van der Waals surface area contributed by atoms with Gasteiger partial charge in [0.1, 0.15) is 0 Å². The van der Waals surface area contributed by atoms with Crippen LogP contribution in [0.2, 0.25) is 0 Å². The average Bonchev–Trinajstić information content (AvgIpc) is 2.72. The third-order valence-electron chi connectivity index (χ3n) is 3.27. The fraction of sp³-hybridized carbons (Fsp3) is 0.133. The van der Waals surface area contributed by atoms with E-state index >= 15 is 0 Å². The highest BCUT2D eigenvalue weighted by Crippen LogP contribution is 2.30. The predicted octanol–water partition coefficient (Wildman–Crippen LogP) is 3.63. The molecule has 17 heavy (non-hydrogen) atoms. The van der Waals surface area contributed by atoms with Gasteiger partial charge in [-0.05, 0) is 19.1 Å². The van der Waals surface area contributed by atoms with Gasteiger partial charge in [-0.3, -0.25) is 4.79 Å². The zero-order valence-corrected chi connectivity index (χ0v) is 9.68. The Bertz CT molecular complexity index is 709. The van der Waals surface area contributed by atoms with Gasteiger partial charge in [-0.1, -0.05) is 30.3 Å². The van der Waals surface area contributed by atoms with E-state index in [2.05, 4.69) is 29.7 Å². The van der Waals surface area contributed by atoms with Crippen LogP contribution in [0.3, 0.4) is 0 Å². The van der Waals surface area contributed by atoms with Crippen LogP contribution in [0.4, 0.5) is 0 Å². The molecule has 0 fully saturated rings. The molecule has 0 atom stereocenters. The van der Waals surface area contributed by atoms with E-state index in [0.29, 0.717) is 0 Å². The van der Waals surface area contributed by atoms with Crippen molar-refractivity contribution in [2.75, 3.05) is 0 Å². The Morgan fingerprint density at radius 2 is 1.82 bits per heavy atom. The smallest absolute Gasteiger partial charge is 0.152 e. The van der Waals surface area contributed by atoms with Gasteiger partial charge in [0.15, 0.2) is 6.29 Å². The van der Waals surface area contributed by atoms with Crippen LogP contribution in [-0.4, -0.2) is 10.9 Å². The summed E-state index contributed by atoms with van der Waals surface area (Å²) in [6.07, 6.45) is 0.938. The third kappa shape index (κ3) is 1.30. The molecule has 2 aromatic carbocycles. The molecular formula is C15H13NO. The van der Waals surface area contributed by atoms with Crippen LogP contribution in [0.1, 0.15) is 17.3 Å². The van der Waals surface area contributed by atoms with E-state index in [4.69, 9.17) is 0 Å². The molecule has 3 aromatic rings. The number of carbonyl (C=O) groups excluding carboxylic acids is 1. The Kier molecular flexibility index (Phi) is 2.22. The first-order valence-corrected chi connectivity index (χ1v) is 5.82. The van der Waals surface area contributed by atoms with Crippen molar-refractivity contribution in [3.8, 4) is 0 Å². The minimum Gasteiger partial charge on any atom is -0.340 e. The molecule has 3 rings (SSSR count). The minimum atomic E-state index is 0.764. The van der Waals surface area contributed by atoms with Gasteiger partial charge in [-0.2, -0.15) is 0 Å². The van der Waals surface area contributed by atoms with Gasteiger partial charge in [0.05, 0.1) is 5.52 Å². The lowest BCUT2D eigenvalue weighted by atomic mass is 10.1. The normalized spacial score (nSPS) is 11.1.